The van der Waals surface area contributed by atoms with E-state index in [1.54, 1.807) is 26.2 Å². The maximum absolute atomic E-state index is 13.4. The molecule has 0 saturated carbocycles. The van der Waals surface area contributed by atoms with Gasteiger partial charge >= 0.3 is 0 Å². The molecule has 0 aliphatic rings. The Morgan fingerprint density at radius 3 is 2.42 bits per heavy atom. The predicted octanol–water partition coefficient (Wildman–Crippen LogP) is 4.24. The molecule has 1 N–H and O–H groups in total. The van der Waals surface area contributed by atoms with E-state index in [0.717, 1.165) is 24.7 Å². The molecule has 11 heteroatoms. The smallest absolute Gasteiger partial charge is 0.242 e. The fourth-order valence-corrected chi connectivity index (χ4v) is 5.11. The second-order valence-electron chi connectivity index (χ2n) is 8.95. The predicted molar refractivity (Wildman–Crippen MR) is 150 cm³/mol. The number of sulfonamides is 1. The zero-order chi connectivity index (χ0) is 28.3. The largest absolute Gasteiger partial charge is 0.497 e. The van der Waals surface area contributed by atoms with Gasteiger partial charge in [0.1, 0.15) is 17.5 Å². The molecule has 0 aliphatic heterocycles. The molecule has 0 radical (unpaired) electrons. The van der Waals surface area contributed by atoms with Crippen LogP contribution in [0.5, 0.6) is 11.5 Å². The maximum atomic E-state index is 13.4. The second kappa shape index (κ2) is 14.8. The molecule has 0 aromatic heterocycles. The van der Waals surface area contributed by atoms with Crippen LogP contribution in [0.2, 0.25) is 5.02 Å². The molecule has 0 fully saturated rings. The lowest BCUT2D eigenvalue weighted by Crippen LogP contribution is -2.48. The molecule has 0 spiro atoms. The summed E-state index contributed by atoms with van der Waals surface area (Å²) in [6.45, 7) is 4.55. The molecule has 0 aliphatic carbocycles. The number of hydrogen-bond donors (Lipinski definition) is 1. The number of benzene rings is 2. The van der Waals surface area contributed by atoms with Crippen molar-refractivity contribution in [2.45, 2.75) is 52.1 Å². The topological polar surface area (TPSA) is 105 Å². The number of amides is 2. The number of anilines is 1. The number of hydrogen-bond acceptors (Lipinski definition) is 6. The highest BCUT2D eigenvalue weighted by Gasteiger charge is 2.27. The molecule has 0 heterocycles. The van der Waals surface area contributed by atoms with Crippen molar-refractivity contribution < 1.29 is 27.5 Å². The average Bonchev–Trinajstić information content (AvgIpc) is 2.88. The number of nitrogens with zero attached hydrogens (tertiary/aromatic N) is 2. The Morgan fingerprint density at radius 2 is 1.82 bits per heavy atom. The molecule has 0 bridgehead atoms. The first kappa shape index (κ1) is 31.2. The zero-order valence-electron chi connectivity index (χ0n) is 22.7. The SMILES string of the molecule is CCCCNC(=O)[C@H](C)N(Cc1cccc(OC)c1)C(=O)CCCN(c1ccc(OC)c(Cl)c1)S(C)(=O)=O. The number of carbonyl (C=O) groups is 2. The number of ether oxygens (including phenoxy) is 2. The van der Waals surface area contributed by atoms with Crippen molar-refractivity contribution in [3.8, 4) is 11.5 Å². The van der Waals surface area contributed by atoms with Gasteiger partial charge in [0, 0.05) is 26.1 Å². The van der Waals surface area contributed by atoms with Crippen LogP contribution in [-0.2, 0) is 26.2 Å². The third-order valence-electron chi connectivity index (χ3n) is 6.06. The average molecular weight is 568 g/mol. The van der Waals surface area contributed by atoms with Gasteiger partial charge in [0.05, 0.1) is 31.2 Å². The molecule has 2 rings (SSSR count). The Kier molecular flexibility index (Phi) is 12.2. The van der Waals surface area contributed by atoms with Gasteiger partial charge in [-0.3, -0.25) is 13.9 Å². The summed E-state index contributed by atoms with van der Waals surface area (Å²) in [7, 11) is -0.600. The summed E-state index contributed by atoms with van der Waals surface area (Å²) in [6, 6.07) is 11.3. The van der Waals surface area contributed by atoms with Crippen LogP contribution in [-0.4, -0.2) is 64.7 Å². The summed E-state index contributed by atoms with van der Waals surface area (Å²) in [5, 5.41) is 3.17. The highest BCUT2D eigenvalue weighted by atomic mass is 35.5. The van der Waals surface area contributed by atoms with Crippen LogP contribution >= 0.6 is 11.6 Å². The summed E-state index contributed by atoms with van der Waals surface area (Å²) < 4.78 is 36.7. The number of unbranched alkanes of at least 4 members (excludes halogenated alkanes) is 1. The van der Waals surface area contributed by atoms with E-state index in [9.17, 15) is 18.0 Å². The molecular formula is C27H38ClN3O6S. The molecule has 9 nitrogen and oxygen atoms in total. The lowest BCUT2D eigenvalue weighted by Gasteiger charge is -2.29. The van der Waals surface area contributed by atoms with Crippen molar-refractivity contribution >= 4 is 39.1 Å². The van der Waals surface area contributed by atoms with Crippen LogP contribution in [0.15, 0.2) is 42.5 Å². The van der Waals surface area contributed by atoms with Crippen LogP contribution < -0.4 is 19.1 Å². The Labute approximate surface area is 231 Å². The van der Waals surface area contributed by atoms with Crippen LogP contribution in [0.3, 0.4) is 0 Å². The quantitative estimate of drug-likeness (QED) is 0.323. The molecule has 38 heavy (non-hydrogen) atoms. The highest BCUT2D eigenvalue weighted by Crippen LogP contribution is 2.30. The van der Waals surface area contributed by atoms with Crippen molar-refractivity contribution in [2.75, 3.05) is 37.9 Å². The van der Waals surface area contributed by atoms with Gasteiger partial charge in [0.25, 0.3) is 0 Å². The number of halogens is 1. The Hall–Kier alpha value is -2.98. The van der Waals surface area contributed by atoms with Gasteiger partial charge in [-0.1, -0.05) is 37.1 Å². The van der Waals surface area contributed by atoms with E-state index in [0.29, 0.717) is 23.7 Å². The van der Waals surface area contributed by atoms with Crippen LogP contribution in [0.1, 0.15) is 45.1 Å². The molecular weight excluding hydrogens is 530 g/mol. The van der Waals surface area contributed by atoms with E-state index in [-0.39, 0.29) is 42.8 Å². The fraction of sp³-hybridized carbons (Fsp3) is 0.481. The monoisotopic (exact) mass is 567 g/mol. The minimum absolute atomic E-state index is 0.0481. The van der Waals surface area contributed by atoms with E-state index in [1.807, 2.05) is 31.2 Å². The molecule has 1 atom stereocenters. The van der Waals surface area contributed by atoms with Gasteiger partial charge in [-0.15, -0.1) is 0 Å². The standard InChI is InChI=1S/C27H38ClN3O6S/c1-6-7-15-29-27(33)20(2)30(19-21-10-8-11-23(17-21)36-3)26(32)12-9-16-31(38(5,34)35)22-13-14-25(37-4)24(28)18-22/h8,10-11,13-14,17-18,20H,6-7,9,12,15-16,19H2,1-5H3,(H,29,33)/t20-/m0/s1. The zero-order valence-corrected chi connectivity index (χ0v) is 24.3. The van der Waals surface area contributed by atoms with Gasteiger partial charge in [0.15, 0.2) is 0 Å². The van der Waals surface area contributed by atoms with Gasteiger partial charge in [-0.25, -0.2) is 8.42 Å². The first-order valence-corrected chi connectivity index (χ1v) is 14.8. The summed E-state index contributed by atoms with van der Waals surface area (Å²) >= 11 is 6.20. The molecule has 2 aromatic rings. The summed E-state index contributed by atoms with van der Waals surface area (Å²) in [5.74, 6) is 0.586. The van der Waals surface area contributed by atoms with Crippen LogP contribution in [0.4, 0.5) is 5.69 Å². The van der Waals surface area contributed by atoms with Crippen molar-refractivity contribution in [1.82, 2.24) is 10.2 Å². The molecule has 2 amide bonds. The van der Waals surface area contributed by atoms with Gasteiger partial charge < -0.3 is 19.7 Å². The maximum Gasteiger partial charge on any atom is 0.242 e. The van der Waals surface area contributed by atoms with Gasteiger partial charge in [-0.05, 0) is 55.7 Å². The third-order valence-corrected chi connectivity index (χ3v) is 7.55. The summed E-state index contributed by atoms with van der Waals surface area (Å²) in [4.78, 5) is 27.7. The number of carbonyl (C=O) groups excluding carboxylic acids is 2. The van der Waals surface area contributed by atoms with Crippen molar-refractivity contribution in [3.63, 3.8) is 0 Å². The molecule has 210 valence electrons. The lowest BCUT2D eigenvalue weighted by atomic mass is 10.1. The van der Waals surface area contributed by atoms with Crippen LogP contribution in [0, 0.1) is 0 Å². The molecule has 2 aromatic carbocycles. The van der Waals surface area contributed by atoms with E-state index in [2.05, 4.69) is 5.32 Å². The molecule has 0 unspecified atom stereocenters. The van der Waals surface area contributed by atoms with Gasteiger partial charge in [0.2, 0.25) is 21.8 Å². The first-order valence-electron chi connectivity index (χ1n) is 12.5. The second-order valence-corrected chi connectivity index (χ2v) is 11.3. The highest BCUT2D eigenvalue weighted by molar-refractivity contribution is 7.92. The van der Waals surface area contributed by atoms with Crippen LogP contribution in [0.25, 0.3) is 0 Å². The number of methoxy groups -OCH3 is 2. The van der Waals surface area contributed by atoms with Gasteiger partial charge in [-0.2, -0.15) is 0 Å². The van der Waals surface area contributed by atoms with Crippen molar-refractivity contribution in [1.29, 1.82) is 0 Å². The third kappa shape index (κ3) is 9.09. The fourth-order valence-electron chi connectivity index (χ4n) is 3.90. The minimum atomic E-state index is -3.64. The summed E-state index contributed by atoms with van der Waals surface area (Å²) in [6.07, 6.45) is 3.18. The van der Waals surface area contributed by atoms with Crippen molar-refractivity contribution in [2.24, 2.45) is 0 Å². The van der Waals surface area contributed by atoms with E-state index < -0.39 is 16.1 Å². The Bertz CT molecular complexity index is 1190. The Balaban J connectivity index is 2.19. The van der Waals surface area contributed by atoms with E-state index in [1.165, 1.54) is 22.4 Å². The normalized spacial score (nSPS) is 11.9. The summed E-state index contributed by atoms with van der Waals surface area (Å²) in [5.41, 5.74) is 1.19. The Morgan fingerprint density at radius 1 is 1.08 bits per heavy atom. The first-order chi connectivity index (χ1) is 18.0. The number of nitrogens with one attached hydrogen (secondary N) is 1. The lowest BCUT2D eigenvalue weighted by molar-refractivity contribution is -0.140. The van der Waals surface area contributed by atoms with E-state index >= 15 is 0 Å². The van der Waals surface area contributed by atoms with E-state index in [4.69, 9.17) is 21.1 Å². The number of rotatable bonds is 15. The van der Waals surface area contributed by atoms with Crippen molar-refractivity contribution in [3.05, 3.63) is 53.1 Å². The minimum Gasteiger partial charge on any atom is -0.497 e. The molecule has 0 saturated heterocycles.